The van der Waals surface area contributed by atoms with Crippen LogP contribution in [-0.4, -0.2) is 21.4 Å². The molecule has 2 rings (SSSR count). The van der Waals surface area contributed by atoms with Gasteiger partial charge >= 0.3 is 0 Å². The van der Waals surface area contributed by atoms with E-state index in [-0.39, 0.29) is 0 Å². The SMILES string of the molecule is C[Si](C)(C)Oc1cccc(C2CCNC2)c1. The van der Waals surface area contributed by atoms with Gasteiger partial charge in [0.15, 0.2) is 0 Å². The van der Waals surface area contributed by atoms with E-state index in [0.717, 1.165) is 18.8 Å². The summed E-state index contributed by atoms with van der Waals surface area (Å²) in [5.74, 6) is 1.72. The molecule has 1 saturated heterocycles. The molecular formula is C13H21NOSi. The van der Waals surface area contributed by atoms with Crippen molar-refractivity contribution in [3.05, 3.63) is 29.8 Å². The monoisotopic (exact) mass is 235 g/mol. The summed E-state index contributed by atoms with van der Waals surface area (Å²) in [5.41, 5.74) is 1.42. The predicted molar refractivity (Wildman–Crippen MR) is 70.6 cm³/mol. The molecule has 2 nitrogen and oxygen atoms in total. The van der Waals surface area contributed by atoms with E-state index < -0.39 is 8.32 Å². The van der Waals surface area contributed by atoms with E-state index in [1.165, 1.54) is 12.0 Å². The second-order valence-corrected chi connectivity index (χ2v) is 9.91. The first kappa shape index (κ1) is 11.7. The molecule has 1 fully saturated rings. The Labute approximate surface area is 99.1 Å². The number of benzene rings is 1. The molecule has 0 aliphatic carbocycles. The van der Waals surface area contributed by atoms with Crippen molar-refractivity contribution >= 4 is 8.32 Å². The average molecular weight is 235 g/mol. The van der Waals surface area contributed by atoms with Gasteiger partial charge in [0.05, 0.1) is 0 Å². The summed E-state index contributed by atoms with van der Waals surface area (Å²) < 4.78 is 6.02. The third-order valence-corrected chi connectivity index (χ3v) is 3.66. The molecule has 1 heterocycles. The van der Waals surface area contributed by atoms with Gasteiger partial charge in [-0.15, -0.1) is 0 Å². The lowest BCUT2D eigenvalue weighted by molar-refractivity contribution is 0.555. The zero-order valence-corrected chi connectivity index (χ0v) is 11.4. The predicted octanol–water partition coefficient (Wildman–Crippen LogP) is 2.98. The fourth-order valence-corrected chi connectivity index (χ4v) is 2.96. The van der Waals surface area contributed by atoms with Crippen LogP contribution in [0.2, 0.25) is 19.6 Å². The van der Waals surface area contributed by atoms with Crippen molar-refractivity contribution in [2.24, 2.45) is 0 Å². The van der Waals surface area contributed by atoms with Gasteiger partial charge in [-0.1, -0.05) is 12.1 Å². The molecule has 1 aliphatic heterocycles. The van der Waals surface area contributed by atoms with Gasteiger partial charge in [-0.3, -0.25) is 0 Å². The van der Waals surface area contributed by atoms with Gasteiger partial charge < -0.3 is 9.74 Å². The van der Waals surface area contributed by atoms with Crippen LogP contribution in [0, 0.1) is 0 Å². The number of nitrogens with one attached hydrogen (secondary N) is 1. The number of hydrogen-bond donors (Lipinski definition) is 1. The Balaban J connectivity index is 2.12. The Morgan fingerprint density at radius 2 is 2.12 bits per heavy atom. The van der Waals surface area contributed by atoms with Crippen LogP contribution >= 0.6 is 0 Å². The summed E-state index contributed by atoms with van der Waals surface area (Å²) in [4.78, 5) is 0. The van der Waals surface area contributed by atoms with Crippen LogP contribution in [0.1, 0.15) is 17.9 Å². The van der Waals surface area contributed by atoms with Crippen molar-refractivity contribution in [1.82, 2.24) is 5.32 Å². The zero-order chi connectivity index (χ0) is 11.6. The first-order chi connectivity index (χ1) is 7.54. The standard InChI is InChI=1S/C13H21NOSi/c1-16(2,3)15-13-6-4-5-11(9-13)12-7-8-14-10-12/h4-6,9,12,14H,7-8,10H2,1-3H3. The van der Waals surface area contributed by atoms with Crippen LogP contribution in [0.5, 0.6) is 5.75 Å². The summed E-state index contributed by atoms with van der Waals surface area (Å²) in [6, 6.07) is 8.62. The van der Waals surface area contributed by atoms with Crippen LogP contribution in [0.3, 0.4) is 0 Å². The first-order valence-corrected chi connectivity index (χ1v) is 9.45. The van der Waals surface area contributed by atoms with E-state index in [4.69, 9.17) is 4.43 Å². The normalized spacial score (nSPS) is 21.1. The van der Waals surface area contributed by atoms with Crippen LogP contribution < -0.4 is 9.74 Å². The van der Waals surface area contributed by atoms with Gasteiger partial charge in [0.2, 0.25) is 8.32 Å². The molecule has 1 aromatic carbocycles. The van der Waals surface area contributed by atoms with Crippen LogP contribution in [-0.2, 0) is 0 Å². The molecule has 0 saturated carbocycles. The summed E-state index contributed by atoms with van der Waals surface area (Å²) in [5, 5.41) is 3.41. The Hall–Kier alpha value is -0.803. The van der Waals surface area contributed by atoms with Crippen molar-refractivity contribution in [2.45, 2.75) is 32.0 Å². The van der Waals surface area contributed by atoms with E-state index in [0.29, 0.717) is 5.92 Å². The lowest BCUT2D eigenvalue weighted by Gasteiger charge is -2.20. The fraction of sp³-hybridized carbons (Fsp3) is 0.538. The maximum Gasteiger partial charge on any atom is 0.242 e. The van der Waals surface area contributed by atoms with E-state index >= 15 is 0 Å². The largest absolute Gasteiger partial charge is 0.544 e. The van der Waals surface area contributed by atoms with Crippen molar-refractivity contribution in [2.75, 3.05) is 13.1 Å². The van der Waals surface area contributed by atoms with Gasteiger partial charge in [0.1, 0.15) is 5.75 Å². The van der Waals surface area contributed by atoms with Crippen LogP contribution in [0.4, 0.5) is 0 Å². The highest BCUT2D eigenvalue weighted by Crippen LogP contribution is 2.26. The molecule has 1 aliphatic rings. The Morgan fingerprint density at radius 1 is 1.31 bits per heavy atom. The van der Waals surface area contributed by atoms with Gasteiger partial charge in [-0.2, -0.15) is 0 Å². The van der Waals surface area contributed by atoms with Crippen molar-refractivity contribution in [3.8, 4) is 5.75 Å². The molecular weight excluding hydrogens is 214 g/mol. The van der Waals surface area contributed by atoms with Gasteiger partial charge in [0, 0.05) is 6.54 Å². The lowest BCUT2D eigenvalue weighted by atomic mass is 9.98. The van der Waals surface area contributed by atoms with Crippen molar-refractivity contribution in [3.63, 3.8) is 0 Å². The molecule has 1 N–H and O–H groups in total. The quantitative estimate of drug-likeness (QED) is 0.813. The molecule has 0 spiro atoms. The number of rotatable bonds is 3. The smallest absolute Gasteiger partial charge is 0.242 e. The minimum atomic E-state index is -1.48. The van der Waals surface area contributed by atoms with Gasteiger partial charge in [-0.25, -0.2) is 0 Å². The Kier molecular flexibility index (Phi) is 3.35. The zero-order valence-electron chi connectivity index (χ0n) is 10.4. The molecule has 0 bridgehead atoms. The molecule has 0 aromatic heterocycles. The Bertz CT molecular complexity index is 353. The van der Waals surface area contributed by atoms with E-state index in [1.54, 1.807) is 0 Å². The maximum absolute atomic E-state index is 6.02. The summed E-state index contributed by atoms with van der Waals surface area (Å²) in [6.45, 7) is 8.91. The lowest BCUT2D eigenvalue weighted by Crippen LogP contribution is -2.29. The Morgan fingerprint density at radius 3 is 2.75 bits per heavy atom. The first-order valence-electron chi connectivity index (χ1n) is 6.04. The highest BCUT2D eigenvalue weighted by molar-refractivity contribution is 6.70. The molecule has 1 aromatic rings. The van der Waals surface area contributed by atoms with Crippen LogP contribution in [0.25, 0.3) is 0 Å². The highest BCUT2D eigenvalue weighted by atomic mass is 28.4. The second kappa shape index (κ2) is 4.59. The molecule has 1 unspecified atom stereocenters. The van der Waals surface area contributed by atoms with E-state index in [2.05, 4.69) is 49.2 Å². The summed E-state index contributed by atoms with van der Waals surface area (Å²) in [7, 11) is -1.48. The molecule has 0 radical (unpaired) electrons. The maximum atomic E-state index is 6.02. The molecule has 0 amide bonds. The topological polar surface area (TPSA) is 21.3 Å². The summed E-state index contributed by atoms with van der Waals surface area (Å²) in [6.07, 6.45) is 1.25. The number of hydrogen-bond acceptors (Lipinski definition) is 2. The van der Waals surface area contributed by atoms with Crippen molar-refractivity contribution < 1.29 is 4.43 Å². The minimum Gasteiger partial charge on any atom is -0.544 e. The van der Waals surface area contributed by atoms with E-state index in [9.17, 15) is 0 Å². The third kappa shape index (κ3) is 3.09. The van der Waals surface area contributed by atoms with Crippen LogP contribution in [0.15, 0.2) is 24.3 Å². The molecule has 88 valence electrons. The average Bonchev–Trinajstić information content (AvgIpc) is 2.68. The molecule has 1 atom stereocenters. The fourth-order valence-electron chi connectivity index (χ4n) is 2.12. The van der Waals surface area contributed by atoms with Crippen molar-refractivity contribution in [1.29, 1.82) is 0 Å². The molecule has 3 heteroatoms. The highest BCUT2D eigenvalue weighted by Gasteiger charge is 2.19. The van der Waals surface area contributed by atoms with Gasteiger partial charge in [0.25, 0.3) is 0 Å². The van der Waals surface area contributed by atoms with Gasteiger partial charge in [-0.05, 0) is 56.2 Å². The second-order valence-electron chi connectivity index (χ2n) is 5.48. The third-order valence-electron chi connectivity index (χ3n) is 2.81. The molecule has 16 heavy (non-hydrogen) atoms. The minimum absolute atomic E-state index is 0.671. The van der Waals surface area contributed by atoms with E-state index in [1.807, 2.05) is 0 Å². The summed E-state index contributed by atoms with van der Waals surface area (Å²) >= 11 is 0.